The van der Waals surface area contributed by atoms with Crippen molar-refractivity contribution in [1.82, 2.24) is 19.5 Å². The Morgan fingerprint density at radius 2 is 2.00 bits per heavy atom. The molecule has 2 heterocycles. The van der Waals surface area contributed by atoms with Crippen LogP contribution in [0.5, 0.6) is 0 Å². The zero-order valence-corrected chi connectivity index (χ0v) is 9.27. The largest absolute Gasteiger partial charge is 0.313 e. The summed E-state index contributed by atoms with van der Waals surface area (Å²) in [6.07, 6.45) is 6.63. The van der Waals surface area contributed by atoms with E-state index in [1.165, 1.54) is 0 Å². The molecule has 15 heavy (non-hydrogen) atoms. The topological polar surface area (TPSA) is 43.6 Å². The van der Waals surface area contributed by atoms with Gasteiger partial charge in [0.15, 0.2) is 5.82 Å². The average Bonchev–Trinajstić information content (AvgIpc) is 2.70. The molecule has 2 aliphatic rings. The van der Waals surface area contributed by atoms with Gasteiger partial charge < -0.3 is 4.57 Å². The molecule has 0 atom stereocenters. The Morgan fingerprint density at radius 1 is 1.13 bits per heavy atom. The van der Waals surface area contributed by atoms with Crippen LogP contribution in [0.15, 0.2) is 12.5 Å². The van der Waals surface area contributed by atoms with E-state index in [0.29, 0.717) is 0 Å². The minimum Gasteiger partial charge on any atom is -0.313 e. The van der Waals surface area contributed by atoms with E-state index in [-0.39, 0.29) is 0 Å². The molecule has 4 nitrogen and oxygen atoms in total. The maximum absolute atomic E-state index is 4.45. The van der Waals surface area contributed by atoms with Crippen LogP contribution in [0, 0.1) is 0 Å². The summed E-state index contributed by atoms with van der Waals surface area (Å²) in [5.41, 5.74) is 0.892. The summed E-state index contributed by atoms with van der Waals surface area (Å²) in [5, 5.41) is 0. The molecule has 0 fully saturated rings. The van der Waals surface area contributed by atoms with Crippen LogP contribution in [0.4, 0.5) is 0 Å². The third kappa shape index (κ3) is 1.84. The third-order valence-electron chi connectivity index (χ3n) is 2.43. The van der Waals surface area contributed by atoms with Crippen molar-refractivity contribution >= 4 is 0 Å². The molecule has 0 bridgehead atoms. The Bertz CT molecular complexity index is 407. The fourth-order valence-electron chi connectivity index (χ4n) is 1.78. The summed E-state index contributed by atoms with van der Waals surface area (Å²) >= 11 is 0. The van der Waals surface area contributed by atoms with Crippen molar-refractivity contribution < 1.29 is 0 Å². The van der Waals surface area contributed by atoms with Crippen LogP contribution >= 0.6 is 0 Å². The van der Waals surface area contributed by atoms with Crippen LogP contribution < -0.4 is 0 Å². The van der Waals surface area contributed by atoms with E-state index >= 15 is 0 Å². The van der Waals surface area contributed by atoms with Gasteiger partial charge in [-0.05, 0) is 12.8 Å². The van der Waals surface area contributed by atoms with Gasteiger partial charge in [0.2, 0.25) is 0 Å². The molecule has 0 saturated carbocycles. The molecule has 0 saturated heterocycles. The molecule has 0 aromatic carbocycles. The highest BCUT2D eigenvalue weighted by atomic mass is 15.1. The van der Waals surface area contributed by atoms with E-state index in [2.05, 4.69) is 33.4 Å². The van der Waals surface area contributed by atoms with Gasteiger partial charge in [-0.2, -0.15) is 0 Å². The van der Waals surface area contributed by atoms with Crippen molar-refractivity contribution in [3.05, 3.63) is 18.3 Å². The number of imidazole rings is 1. The van der Waals surface area contributed by atoms with Crippen molar-refractivity contribution in [2.75, 3.05) is 0 Å². The van der Waals surface area contributed by atoms with Gasteiger partial charge in [-0.15, -0.1) is 0 Å². The maximum Gasteiger partial charge on any atom is 0.163 e. The second-order valence-corrected chi connectivity index (χ2v) is 3.66. The molecule has 0 aromatic heterocycles. The SMILES string of the molecule is CCCc1ncc2ncnc-2n1CCC. The predicted octanol–water partition coefficient (Wildman–Crippen LogP) is 2.14. The van der Waals surface area contributed by atoms with Gasteiger partial charge in [0.1, 0.15) is 17.8 Å². The second-order valence-electron chi connectivity index (χ2n) is 3.66. The molecule has 0 spiro atoms. The summed E-state index contributed by atoms with van der Waals surface area (Å²) in [6.45, 7) is 5.30. The molecule has 0 aromatic rings. The highest BCUT2D eigenvalue weighted by Crippen LogP contribution is 2.18. The van der Waals surface area contributed by atoms with Crippen molar-refractivity contribution in [1.29, 1.82) is 0 Å². The van der Waals surface area contributed by atoms with Gasteiger partial charge in [-0.25, -0.2) is 15.0 Å². The number of nitrogens with zero attached hydrogens (tertiary/aromatic N) is 4. The van der Waals surface area contributed by atoms with E-state index in [4.69, 9.17) is 0 Å². The lowest BCUT2D eigenvalue weighted by molar-refractivity contribution is 0.608. The van der Waals surface area contributed by atoms with Crippen LogP contribution in [-0.4, -0.2) is 19.5 Å². The number of rotatable bonds is 4. The van der Waals surface area contributed by atoms with E-state index in [9.17, 15) is 0 Å². The zero-order valence-electron chi connectivity index (χ0n) is 9.27. The Hall–Kier alpha value is -1.45. The molecule has 2 aliphatic heterocycles. The molecular formula is C11H16N4. The monoisotopic (exact) mass is 204 g/mol. The normalized spacial score (nSPS) is 11.1. The predicted molar refractivity (Wildman–Crippen MR) is 58.7 cm³/mol. The average molecular weight is 204 g/mol. The molecule has 80 valence electrons. The van der Waals surface area contributed by atoms with Gasteiger partial charge in [-0.3, -0.25) is 0 Å². The lowest BCUT2D eigenvalue weighted by Crippen LogP contribution is -2.12. The van der Waals surface area contributed by atoms with Gasteiger partial charge in [0.05, 0.1) is 6.20 Å². The van der Waals surface area contributed by atoms with Gasteiger partial charge >= 0.3 is 0 Å². The van der Waals surface area contributed by atoms with Crippen molar-refractivity contribution in [3.8, 4) is 11.5 Å². The van der Waals surface area contributed by atoms with Crippen LogP contribution in [0.3, 0.4) is 0 Å². The van der Waals surface area contributed by atoms with Gasteiger partial charge in [-0.1, -0.05) is 13.8 Å². The summed E-state index contributed by atoms with van der Waals surface area (Å²) in [7, 11) is 0. The highest BCUT2D eigenvalue weighted by molar-refractivity contribution is 5.49. The van der Waals surface area contributed by atoms with Crippen molar-refractivity contribution in [3.63, 3.8) is 0 Å². The molecule has 0 aliphatic carbocycles. The first-order valence-electron chi connectivity index (χ1n) is 5.52. The van der Waals surface area contributed by atoms with Crippen LogP contribution in [-0.2, 0) is 13.0 Å². The van der Waals surface area contributed by atoms with Crippen LogP contribution in [0.2, 0.25) is 0 Å². The first-order chi connectivity index (χ1) is 7.36. The van der Waals surface area contributed by atoms with Crippen LogP contribution in [0.1, 0.15) is 32.5 Å². The zero-order chi connectivity index (χ0) is 10.7. The molecule has 4 heteroatoms. The summed E-state index contributed by atoms with van der Waals surface area (Å²) in [4.78, 5) is 12.9. The Kier molecular flexibility index (Phi) is 2.94. The maximum atomic E-state index is 4.45. The number of fused-ring (bicyclic) bond motifs is 1. The lowest BCUT2D eigenvalue weighted by Gasteiger charge is -2.14. The van der Waals surface area contributed by atoms with E-state index in [1.807, 2.05) is 6.20 Å². The fourth-order valence-corrected chi connectivity index (χ4v) is 1.78. The summed E-state index contributed by atoms with van der Waals surface area (Å²) in [6, 6.07) is 0. The molecule has 0 radical (unpaired) electrons. The molecule has 0 unspecified atom stereocenters. The Labute approximate surface area is 89.7 Å². The number of aryl methyl sites for hydroxylation is 1. The quantitative estimate of drug-likeness (QED) is 0.766. The third-order valence-corrected chi connectivity index (χ3v) is 2.43. The van der Waals surface area contributed by atoms with Crippen molar-refractivity contribution in [2.45, 2.75) is 39.7 Å². The number of aromatic nitrogens is 4. The first kappa shape index (κ1) is 10.1. The number of hydrogen-bond donors (Lipinski definition) is 0. The Morgan fingerprint density at radius 3 is 2.73 bits per heavy atom. The fraction of sp³-hybridized carbons (Fsp3) is 0.545. The van der Waals surface area contributed by atoms with E-state index in [0.717, 1.165) is 43.1 Å². The van der Waals surface area contributed by atoms with E-state index < -0.39 is 0 Å². The highest BCUT2D eigenvalue weighted by Gasteiger charge is 2.13. The first-order valence-corrected chi connectivity index (χ1v) is 5.52. The van der Waals surface area contributed by atoms with Gasteiger partial charge in [0.25, 0.3) is 0 Å². The van der Waals surface area contributed by atoms with Gasteiger partial charge in [0, 0.05) is 13.0 Å². The lowest BCUT2D eigenvalue weighted by atomic mass is 10.3. The smallest absolute Gasteiger partial charge is 0.163 e. The minimum absolute atomic E-state index is 0.892. The second kappa shape index (κ2) is 4.38. The number of hydrogen-bond acceptors (Lipinski definition) is 3. The van der Waals surface area contributed by atoms with E-state index in [1.54, 1.807) is 6.33 Å². The summed E-state index contributed by atoms with van der Waals surface area (Å²) < 4.78 is 2.19. The summed E-state index contributed by atoms with van der Waals surface area (Å²) in [5.74, 6) is 2.09. The molecule has 2 rings (SSSR count). The molecule has 0 N–H and O–H groups in total. The Balaban J connectivity index is 2.48. The molecular weight excluding hydrogens is 188 g/mol. The van der Waals surface area contributed by atoms with Crippen LogP contribution in [0.25, 0.3) is 11.5 Å². The van der Waals surface area contributed by atoms with Crippen molar-refractivity contribution in [2.24, 2.45) is 0 Å². The minimum atomic E-state index is 0.892. The molecule has 0 amide bonds. The standard InChI is InChI=1S/C11H16N4/c1-3-5-10-12-7-9-11(14-8-13-9)15(10)6-4-2/h7-8H,3-6H2,1-2H3.